The van der Waals surface area contributed by atoms with Crippen LogP contribution in [0, 0.1) is 6.92 Å². The van der Waals surface area contributed by atoms with Gasteiger partial charge in [0.2, 0.25) is 5.95 Å². The minimum Gasteiger partial charge on any atom is -0.357 e. The van der Waals surface area contributed by atoms with Crippen molar-refractivity contribution in [2.75, 3.05) is 12.4 Å². The molecule has 0 unspecified atom stereocenters. The Balaban J connectivity index is 2.13. The van der Waals surface area contributed by atoms with Crippen LogP contribution in [-0.2, 0) is 0 Å². The van der Waals surface area contributed by atoms with Gasteiger partial charge >= 0.3 is 0 Å². The van der Waals surface area contributed by atoms with Crippen molar-refractivity contribution in [3.63, 3.8) is 0 Å². The number of hydrogen-bond donors (Lipinski definition) is 2. The summed E-state index contributed by atoms with van der Waals surface area (Å²) in [6.45, 7) is 2.09. The number of anilines is 1. The zero-order valence-corrected chi connectivity index (χ0v) is 10.4. The fraction of sp³-hybridized carbons (Fsp3) is 0.143. The minimum absolute atomic E-state index is 0.627. The molecule has 0 fully saturated rings. The van der Waals surface area contributed by atoms with Crippen molar-refractivity contribution in [1.82, 2.24) is 15.0 Å². The Labute approximate surface area is 105 Å². The van der Waals surface area contributed by atoms with Crippen LogP contribution in [0.5, 0.6) is 0 Å². The highest BCUT2D eigenvalue weighted by Gasteiger charge is 2.05. The lowest BCUT2D eigenvalue weighted by atomic mass is 10.2. The molecule has 3 rings (SSSR count). The first-order valence-corrected chi connectivity index (χ1v) is 5.87. The molecular formula is C14H14N4. The van der Waals surface area contributed by atoms with Gasteiger partial charge in [0.1, 0.15) is 0 Å². The summed E-state index contributed by atoms with van der Waals surface area (Å²) in [5, 5.41) is 4.15. The molecule has 2 N–H and O–H groups in total. The van der Waals surface area contributed by atoms with Gasteiger partial charge in [-0.3, -0.25) is 0 Å². The summed E-state index contributed by atoms with van der Waals surface area (Å²) in [6, 6.07) is 10.4. The molecule has 0 aliphatic carbocycles. The molecule has 0 bridgehead atoms. The highest BCUT2D eigenvalue weighted by atomic mass is 15.1. The quantitative estimate of drug-likeness (QED) is 0.721. The highest BCUT2D eigenvalue weighted by molar-refractivity contribution is 5.85. The summed E-state index contributed by atoms with van der Waals surface area (Å²) < 4.78 is 0. The largest absolute Gasteiger partial charge is 0.357 e. The summed E-state index contributed by atoms with van der Waals surface area (Å²) in [5.41, 5.74) is 4.28. The van der Waals surface area contributed by atoms with Crippen LogP contribution in [0.4, 0.5) is 5.95 Å². The predicted octanol–water partition coefficient (Wildman–Crippen LogP) is 2.98. The Morgan fingerprint density at radius 3 is 2.89 bits per heavy atom. The first-order valence-electron chi connectivity index (χ1n) is 5.87. The molecule has 0 atom stereocenters. The average Bonchev–Trinajstić information content (AvgIpc) is 2.81. The van der Waals surface area contributed by atoms with E-state index in [1.165, 1.54) is 10.9 Å². The number of rotatable bonds is 2. The molecule has 90 valence electrons. The van der Waals surface area contributed by atoms with Gasteiger partial charge in [-0.25, -0.2) is 9.97 Å². The van der Waals surface area contributed by atoms with E-state index in [1.807, 2.05) is 13.1 Å². The van der Waals surface area contributed by atoms with Gasteiger partial charge in [-0.2, -0.15) is 0 Å². The normalized spacial score (nSPS) is 10.8. The Morgan fingerprint density at radius 1 is 1.17 bits per heavy atom. The molecule has 2 heterocycles. The second-order valence-corrected chi connectivity index (χ2v) is 4.29. The van der Waals surface area contributed by atoms with E-state index in [9.17, 15) is 0 Å². The van der Waals surface area contributed by atoms with E-state index in [2.05, 4.69) is 51.5 Å². The van der Waals surface area contributed by atoms with Crippen molar-refractivity contribution < 1.29 is 0 Å². The third-order valence-corrected chi connectivity index (χ3v) is 2.93. The molecule has 0 spiro atoms. The van der Waals surface area contributed by atoms with Crippen molar-refractivity contribution in [3.05, 3.63) is 42.1 Å². The molecule has 2 aromatic heterocycles. The maximum Gasteiger partial charge on any atom is 0.222 e. The van der Waals surface area contributed by atoms with Gasteiger partial charge in [0.05, 0.1) is 11.4 Å². The number of aryl methyl sites for hydroxylation is 1. The van der Waals surface area contributed by atoms with E-state index in [0.29, 0.717) is 5.95 Å². The van der Waals surface area contributed by atoms with E-state index in [1.54, 1.807) is 6.20 Å². The fourth-order valence-corrected chi connectivity index (χ4v) is 2.02. The first kappa shape index (κ1) is 10.8. The second-order valence-electron chi connectivity index (χ2n) is 4.29. The SMILES string of the molecule is CNc1nccc(-c2cc3cc(C)ccc3[nH]2)n1. The van der Waals surface area contributed by atoms with E-state index < -0.39 is 0 Å². The Bertz CT molecular complexity index is 700. The third kappa shape index (κ3) is 1.82. The van der Waals surface area contributed by atoms with E-state index in [4.69, 9.17) is 0 Å². The van der Waals surface area contributed by atoms with Crippen molar-refractivity contribution >= 4 is 16.9 Å². The van der Waals surface area contributed by atoms with E-state index in [-0.39, 0.29) is 0 Å². The van der Waals surface area contributed by atoms with Gasteiger partial charge in [0.15, 0.2) is 0 Å². The minimum atomic E-state index is 0.627. The molecule has 0 saturated heterocycles. The number of nitrogens with zero attached hydrogens (tertiary/aromatic N) is 2. The third-order valence-electron chi connectivity index (χ3n) is 2.93. The predicted molar refractivity (Wildman–Crippen MR) is 73.6 cm³/mol. The Morgan fingerprint density at radius 2 is 2.06 bits per heavy atom. The molecule has 18 heavy (non-hydrogen) atoms. The molecule has 0 saturated carbocycles. The van der Waals surface area contributed by atoms with Crippen molar-refractivity contribution in [2.24, 2.45) is 0 Å². The summed E-state index contributed by atoms with van der Waals surface area (Å²) in [6.07, 6.45) is 1.75. The van der Waals surface area contributed by atoms with Crippen LogP contribution < -0.4 is 5.32 Å². The number of H-pyrrole nitrogens is 1. The summed E-state index contributed by atoms with van der Waals surface area (Å²) >= 11 is 0. The standard InChI is InChI=1S/C14H14N4/c1-9-3-4-11-10(7-9)8-13(17-11)12-5-6-16-14(15-2)18-12/h3-8,17H,1-2H3,(H,15,16,18). The lowest BCUT2D eigenvalue weighted by Crippen LogP contribution is -1.96. The molecule has 0 amide bonds. The number of aromatic nitrogens is 3. The van der Waals surface area contributed by atoms with Gasteiger partial charge in [0, 0.05) is 24.1 Å². The van der Waals surface area contributed by atoms with E-state index >= 15 is 0 Å². The van der Waals surface area contributed by atoms with Gasteiger partial charge in [-0.1, -0.05) is 11.6 Å². The monoisotopic (exact) mass is 238 g/mol. The highest BCUT2D eigenvalue weighted by Crippen LogP contribution is 2.23. The topological polar surface area (TPSA) is 53.6 Å². The number of hydrogen-bond acceptors (Lipinski definition) is 3. The van der Waals surface area contributed by atoms with Gasteiger partial charge in [-0.15, -0.1) is 0 Å². The van der Waals surface area contributed by atoms with Crippen LogP contribution in [0.25, 0.3) is 22.3 Å². The molecular weight excluding hydrogens is 224 g/mol. The van der Waals surface area contributed by atoms with Gasteiger partial charge in [0.25, 0.3) is 0 Å². The van der Waals surface area contributed by atoms with Crippen LogP contribution in [0.2, 0.25) is 0 Å². The maximum atomic E-state index is 4.43. The lowest BCUT2D eigenvalue weighted by Gasteiger charge is -2.00. The number of nitrogens with one attached hydrogen (secondary N) is 2. The number of benzene rings is 1. The lowest BCUT2D eigenvalue weighted by molar-refractivity contribution is 1.15. The molecule has 3 aromatic rings. The summed E-state index contributed by atoms with van der Waals surface area (Å²) in [5.74, 6) is 0.627. The molecule has 0 aliphatic rings. The van der Waals surface area contributed by atoms with E-state index in [0.717, 1.165) is 16.9 Å². The second kappa shape index (κ2) is 4.14. The Kier molecular flexibility index (Phi) is 2.48. The summed E-state index contributed by atoms with van der Waals surface area (Å²) in [7, 11) is 1.81. The zero-order valence-electron chi connectivity index (χ0n) is 10.4. The summed E-state index contributed by atoms with van der Waals surface area (Å²) in [4.78, 5) is 11.9. The van der Waals surface area contributed by atoms with Crippen LogP contribution >= 0.6 is 0 Å². The van der Waals surface area contributed by atoms with Crippen molar-refractivity contribution in [2.45, 2.75) is 6.92 Å². The average molecular weight is 238 g/mol. The molecule has 0 aliphatic heterocycles. The molecule has 4 heteroatoms. The van der Waals surface area contributed by atoms with Crippen LogP contribution in [0.1, 0.15) is 5.56 Å². The molecule has 1 aromatic carbocycles. The Hall–Kier alpha value is -2.36. The van der Waals surface area contributed by atoms with Crippen LogP contribution in [0.3, 0.4) is 0 Å². The molecule has 4 nitrogen and oxygen atoms in total. The van der Waals surface area contributed by atoms with Crippen LogP contribution in [-0.4, -0.2) is 22.0 Å². The van der Waals surface area contributed by atoms with Crippen molar-refractivity contribution in [3.8, 4) is 11.4 Å². The number of aromatic amines is 1. The van der Waals surface area contributed by atoms with Gasteiger partial charge < -0.3 is 10.3 Å². The smallest absolute Gasteiger partial charge is 0.222 e. The molecule has 0 radical (unpaired) electrons. The van der Waals surface area contributed by atoms with Crippen molar-refractivity contribution in [1.29, 1.82) is 0 Å². The first-order chi connectivity index (χ1) is 8.76. The maximum absolute atomic E-state index is 4.43. The van der Waals surface area contributed by atoms with Gasteiger partial charge in [-0.05, 0) is 31.2 Å². The zero-order chi connectivity index (χ0) is 12.5. The fourth-order valence-electron chi connectivity index (χ4n) is 2.02. The van der Waals surface area contributed by atoms with Crippen LogP contribution in [0.15, 0.2) is 36.5 Å². The number of fused-ring (bicyclic) bond motifs is 1.